The maximum atomic E-state index is 12.1. The highest BCUT2D eigenvalue weighted by atomic mass is 16.2. The van der Waals surface area contributed by atoms with Crippen LogP contribution in [0.5, 0.6) is 0 Å². The first-order valence-electron chi connectivity index (χ1n) is 9.28. The van der Waals surface area contributed by atoms with Crippen molar-refractivity contribution in [2.24, 2.45) is 28.6 Å². The Labute approximate surface area is 139 Å². The average Bonchev–Trinajstić information content (AvgIpc) is 2.88. The van der Waals surface area contributed by atoms with Gasteiger partial charge in [-0.1, -0.05) is 19.9 Å². The topological polar surface area (TPSA) is 44.1 Å². The molecule has 3 nitrogen and oxygen atoms in total. The third-order valence-corrected chi connectivity index (χ3v) is 8.26. The summed E-state index contributed by atoms with van der Waals surface area (Å²) in [4.78, 5) is 14.2. The first-order chi connectivity index (χ1) is 10.9. The van der Waals surface area contributed by atoms with Crippen molar-refractivity contribution in [3.05, 3.63) is 11.6 Å². The van der Waals surface area contributed by atoms with Crippen LogP contribution in [0.4, 0.5) is 0 Å². The van der Waals surface area contributed by atoms with E-state index in [0.29, 0.717) is 17.9 Å². The summed E-state index contributed by atoms with van der Waals surface area (Å²) in [6.45, 7) is 4.79. The first-order valence-corrected chi connectivity index (χ1v) is 9.28. The van der Waals surface area contributed by atoms with E-state index in [0.717, 1.165) is 49.5 Å². The Morgan fingerprint density at radius 3 is 2.74 bits per heavy atom. The molecule has 1 aliphatic heterocycles. The van der Waals surface area contributed by atoms with Crippen molar-refractivity contribution in [1.29, 1.82) is 5.26 Å². The van der Waals surface area contributed by atoms with Crippen LogP contribution in [0.25, 0.3) is 0 Å². The smallest absolute Gasteiger partial charge is 0.222 e. The fourth-order valence-electron chi connectivity index (χ4n) is 6.89. The van der Waals surface area contributed by atoms with E-state index in [2.05, 4.69) is 30.9 Å². The minimum absolute atomic E-state index is 0.121. The van der Waals surface area contributed by atoms with E-state index in [1.165, 1.54) is 12.8 Å². The van der Waals surface area contributed by atoms with Gasteiger partial charge < -0.3 is 4.90 Å². The van der Waals surface area contributed by atoms with E-state index in [4.69, 9.17) is 0 Å². The van der Waals surface area contributed by atoms with Gasteiger partial charge in [-0.2, -0.15) is 5.26 Å². The largest absolute Gasteiger partial charge is 0.342 e. The number of piperidine rings is 1. The van der Waals surface area contributed by atoms with Gasteiger partial charge in [0, 0.05) is 30.5 Å². The van der Waals surface area contributed by atoms with Gasteiger partial charge in [-0.15, -0.1) is 0 Å². The first kappa shape index (κ1) is 15.2. The molecule has 6 atom stereocenters. The fraction of sp³-hybridized carbons (Fsp3) is 0.800. The van der Waals surface area contributed by atoms with Crippen LogP contribution in [0, 0.1) is 39.9 Å². The van der Waals surface area contributed by atoms with Crippen LogP contribution in [-0.4, -0.2) is 23.9 Å². The third kappa shape index (κ3) is 1.84. The molecular formula is C20H28N2O. The van der Waals surface area contributed by atoms with Crippen molar-refractivity contribution in [2.75, 3.05) is 7.05 Å². The lowest BCUT2D eigenvalue weighted by Crippen LogP contribution is -2.61. The number of carbonyl (C=O) groups is 1. The number of fused-ring (bicyclic) bond motifs is 5. The van der Waals surface area contributed by atoms with Crippen LogP contribution in [0.3, 0.4) is 0 Å². The highest BCUT2D eigenvalue weighted by Crippen LogP contribution is 2.64. The molecule has 0 bridgehead atoms. The van der Waals surface area contributed by atoms with Gasteiger partial charge >= 0.3 is 0 Å². The summed E-state index contributed by atoms with van der Waals surface area (Å²) >= 11 is 0. The summed E-state index contributed by atoms with van der Waals surface area (Å²) in [6.07, 6.45) is 9.85. The molecule has 124 valence electrons. The number of carbonyl (C=O) groups excluding carboxylic acids is 1. The highest BCUT2D eigenvalue weighted by Gasteiger charge is 2.59. The summed E-state index contributed by atoms with van der Waals surface area (Å²) < 4.78 is 0. The molecule has 3 fully saturated rings. The lowest BCUT2D eigenvalue weighted by molar-refractivity contribution is -0.156. The molecule has 1 amide bonds. The maximum absolute atomic E-state index is 12.1. The average molecular weight is 312 g/mol. The molecule has 3 aliphatic carbocycles. The van der Waals surface area contributed by atoms with Crippen LogP contribution in [0.2, 0.25) is 0 Å². The Bertz CT molecular complexity index is 618. The molecule has 1 heterocycles. The van der Waals surface area contributed by atoms with Gasteiger partial charge in [0.1, 0.15) is 0 Å². The Kier molecular flexibility index (Phi) is 3.21. The summed E-state index contributed by atoms with van der Waals surface area (Å²) in [6, 6.07) is 2.92. The van der Waals surface area contributed by atoms with Crippen molar-refractivity contribution in [3.63, 3.8) is 0 Å². The Morgan fingerprint density at radius 1 is 1.22 bits per heavy atom. The molecule has 0 spiro atoms. The van der Waals surface area contributed by atoms with Gasteiger partial charge in [0.2, 0.25) is 5.91 Å². The minimum atomic E-state index is 0.121. The number of nitrogens with zero attached hydrogens (tertiary/aromatic N) is 2. The number of hydrogen-bond acceptors (Lipinski definition) is 2. The molecule has 0 aromatic heterocycles. The Balaban J connectivity index is 1.66. The zero-order valence-corrected chi connectivity index (χ0v) is 14.6. The van der Waals surface area contributed by atoms with Gasteiger partial charge in [0.05, 0.1) is 6.07 Å². The summed E-state index contributed by atoms with van der Waals surface area (Å²) in [5, 5.41) is 9.51. The van der Waals surface area contributed by atoms with Crippen molar-refractivity contribution >= 4 is 5.91 Å². The summed E-state index contributed by atoms with van der Waals surface area (Å²) in [5.41, 5.74) is 1.45. The van der Waals surface area contributed by atoms with Crippen LogP contribution >= 0.6 is 0 Å². The summed E-state index contributed by atoms with van der Waals surface area (Å²) in [5.74, 6) is 2.44. The third-order valence-electron chi connectivity index (χ3n) is 8.26. The second-order valence-electron chi connectivity index (χ2n) is 8.90. The van der Waals surface area contributed by atoms with E-state index >= 15 is 0 Å². The van der Waals surface area contributed by atoms with Gasteiger partial charge in [-0.3, -0.25) is 4.79 Å². The zero-order chi connectivity index (χ0) is 16.4. The van der Waals surface area contributed by atoms with Crippen LogP contribution < -0.4 is 0 Å². The van der Waals surface area contributed by atoms with E-state index < -0.39 is 0 Å². The van der Waals surface area contributed by atoms with Crippen molar-refractivity contribution in [3.8, 4) is 6.07 Å². The normalized spacial score (nSPS) is 48.9. The lowest BCUT2D eigenvalue weighted by Gasteiger charge is -2.61. The van der Waals surface area contributed by atoms with Gasteiger partial charge in [0.15, 0.2) is 0 Å². The van der Waals surface area contributed by atoms with E-state index in [1.807, 2.05) is 7.05 Å². The van der Waals surface area contributed by atoms with Crippen molar-refractivity contribution in [2.45, 2.75) is 64.8 Å². The maximum Gasteiger partial charge on any atom is 0.222 e. The van der Waals surface area contributed by atoms with Gasteiger partial charge in [0.25, 0.3) is 0 Å². The second-order valence-corrected chi connectivity index (χ2v) is 8.90. The predicted octanol–water partition coefficient (Wildman–Crippen LogP) is 3.91. The van der Waals surface area contributed by atoms with Crippen LogP contribution in [0.15, 0.2) is 11.6 Å². The molecule has 2 saturated carbocycles. The number of nitriles is 1. The molecule has 4 aliphatic rings. The van der Waals surface area contributed by atoms with Gasteiger partial charge in [-0.05, 0) is 61.7 Å². The number of allylic oxidation sites excluding steroid dienone is 2. The standard InChI is InChI=1S/C20H28N2O/c1-19-10-8-16-14(15(19)6-4-13(19)12-21)5-7-17-20(16,2)11-9-18(23)22(17)3/h4,14-17H,5-11H2,1-3H3/t14-,15-,16-,17+,19+,20+/m0/s1. The van der Waals surface area contributed by atoms with E-state index in [-0.39, 0.29) is 10.8 Å². The Morgan fingerprint density at radius 2 is 2.00 bits per heavy atom. The van der Waals surface area contributed by atoms with E-state index in [9.17, 15) is 10.1 Å². The zero-order valence-electron chi connectivity index (χ0n) is 14.6. The number of likely N-dealkylation sites (tertiary alicyclic amines) is 1. The van der Waals surface area contributed by atoms with E-state index in [1.54, 1.807) is 0 Å². The monoisotopic (exact) mass is 312 g/mol. The Hall–Kier alpha value is -1.30. The second kappa shape index (κ2) is 4.85. The van der Waals surface area contributed by atoms with Gasteiger partial charge in [-0.25, -0.2) is 0 Å². The van der Waals surface area contributed by atoms with Crippen molar-refractivity contribution < 1.29 is 4.79 Å². The molecule has 1 saturated heterocycles. The number of hydrogen-bond donors (Lipinski definition) is 0. The number of rotatable bonds is 0. The number of amides is 1. The van der Waals surface area contributed by atoms with Crippen LogP contribution in [0.1, 0.15) is 58.8 Å². The van der Waals surface area contributed by atoms with Crippen molar-refractivity contribution in [1.82, 2.24) is 4.90 Å². The molecule has 3 heteroatoms. The molecule has 0 radical (unpaired) electrons. The molecular weight excluding hydrogens is 284 g/mol. The molecule has 4 rings (SSSR count). The minimum Gasteiger partial charge on any atom is -0.342 e. The molecule has 0 N–H and O–H groups in total. The lowest BCUT2D eigenvalue weighted by atomic mass is 9.47. The predicted molar refractivity (Wildman–Crippen MR) is 89.3 cm³/mol. The molecule has 0 aromatic carbocycles. The van der Waals surface area contributed by atoms with Crippen LogP contribution in [-0.2, 0) is 4.79 Å². The SMILES string of the molecule is CN1C(=O)CC[C@]2(C)[C@H]3CC[C@]4(C)C(C#N)=CC[C@H]4[C@@H]3CC[C@@H]12. The molecule has 0 aromatic rings. The molecule has 23 heavy (non-hydrogen) atoms. The summed E-state index contributed by atoms with van der Waals surface area (Å²) in [7, 11) is 2.02. The quantitative estimate of drug-likeness (QED) is 0.680. The fourth-order valence-corrected chi connectivity index (χ4v) is 6.89. The highest BCUT2D eigenvalue weighted by molar-refractivity contribution is 5.77. The molecule has 0 unspecified atom stereocenters.